The lowest BCUT2D eigenvalue weighted by molar-refractivity contribution is -0.124. The molecule has 2 aliphatic rings. The summed E-state index contributed by atoms with van der Waals surface area (Å²) >= 11 is 0. The molecular weight excluding hydrogens is 497 g/mol. The Kier molecular flexibility index (Phi) is 5.96. The molecular formula is C26H24FN5O4S. The number of nitrogens with one attached hydrogen (secondary N) is 1. The number of benzene rings is 1. The molecule has 1 saturated heterocycles. The molecule has 11 heteroatoms. The maximum atomic E-state index is 13.5. The number of rotatable bonds is 7. The standard InChI is InChI=1S/C26H24FN5O4S/c27-20-5-6-23-18(11-20)12-24(36-23)37(34,35)32-9-1-2-22(32)26(33)31-13-16-7-8-28-21(10-16)19-14-29-25(30-15-19)17-3-4-17/h5-8,10-12,14-15,17,22H,1-4,9,13H2,(H,31,33)/t22-/m0/s1. The number of amides is 1. The van der Waals surface area contributed by atoms with Gasteiger partial charge in [0, 0.05) is 54.6 Å². The lowest BCUT2D eigenvalue weighted by atomic mass is 10.1. The van der Waals surface area contributed by atoms with E-state index in [1.807, 2.05) is 6.07 Å². The van der Waals surface area contributed by atoms with Crippen molar-refractivity contribution >= 4 is 26.9 Å². The van der Waals surface area contributed by atoms with Gasteiger partial charge >= 0.3 is 0 Å². The second-order valence-corrected chi connectivity index (χ2v) is 11.2. The molecule has 190 valence electrons. The zero-order valence-corrected chi connectivity index (χ0v) is 20.6. The first-order valence-electron chi connectivity index (χ1n) is 12.1. The molecule has 0 unspecified atom stereocenters. The zero-order chi connectivity index (χ0) is 25.6. The topological polar surface area (TPSA) is 118 Å². The fourth-order valence-electron chi connectivity index (χ4n) is 4.59. The number of pyridine rings is 1. The van der Waals surface area contributed by atoms with Crippen LogP contribution in [0.2, 0.25) is 0 Å². The summed E-state index contributed by atoms with van der Waals surface area (Å²) < 4.78 is 46.8. The minimum absolute atomic E-state index is 0.197. The number of aromatic nitrogens is 3. The van der Waals surface area contributed by atoms with E-state index in [2.05, 4.69) is 20.3 Å². The molecule has 0 radical (unpaired) electrons. The highest BCUT2D eigenvalue weighted by atomic mass is 32.2. The summed E-state index contributed by atoms with van der Waals surface area (Å²) in [5.41, 5.74) is 2.56. The van der Waals surface area contributed by atoms with Gasteiger partial charge in [-0.15, -0.1) is 0 Å². The second kappa shape index (κ2) is 9.31. The molecule has 0 spiro atoms. The molecule has 3 aromatic heterocycles. The van der Waals surface area contributed by atoms with E-state index < -0.39 is 27.8 Å². The van der Waals surface area contributed by atoms with Gasteiger partial charge in [-0.2, -0.15) is 4.31 Å². The van der Waals surface area contributed by atoms with Gasteiger partial charge in [0.1, 0.15) is 23.3 Å². The minimum Gasteiger partial charge on any atom is -0.443 e. The third-order valence-corrected chi connectivity index (χ3v) is 8.49. The van der Waals surface area contributed by atoms with Crippen LogP contribution in [0.4, 0.5) is 4.39 Å². The van der Waals surface area contributed by atoms with Crippen molar-refractivity contribution in [2.75, 3.05) is 6.54 Å². The Morgan fingerprint density at radius 1 is 1.08 bits per heavy atom. The van der Waals surface area contributed by atoms with Crippen molar-refractivity contribution in [1.29, 1.82) is 0 Å². The molecule has 37 heavy (non-hydrogen) atoms. The molecule has 1 saturated carbocycles. The summed E-state index contributed by atoms with van der Waals surface area (Å²) in [6.45, 7) is 0.408. The van der Waals surface area contributed by atoms with Crippen LogP contribution in [-0.4, -0.2) is 46.2 Å². The van der Waals surface area contributed by atoms with E-state index in [1.54, 1.807) is 24.7 Å². The highest BCUT2D eigenvalue weighted by molar-refractivity contribution is 7.89. The zero-order valence-electron chi connectivity index (χ0n) is 19.8. The fraction of sp³-hybridized carbons (Fsp3) is 0.308. The number of hydrogen-bond donors (Lipinski definition) is 1. The summed E-state index contributed by atoms with van der Waals surface area (Å²) in [6.07, 6.45) is 8.38. The van der Waals surface area contributed by atoms with E-state index in [0.717, 1.165) is 34.1 Å². The van der Waals surface area contributed by atoms with Gasteiger partial charge in [0.15, 0.2) is 0 Å². The summed E-state index contributed by atoms with van der Waals surface area (Å²) in [4.78, 5) is 26.3. The van der Waals surface area contributed by atoms with Crippen LogP contribution in [0.1, 0.15) is 43.0 Å². The SMILES string of the molecule is O=C(NCc1ccnc(-c2cnc(C3CC3)nc2)c1)[C@@H]1CCCN1S(=O)(=O)c1cc2cc(F)ccc2o1. The number of hydrogen-bond acceptors (Lipinski definition) is 7. The van der Waals surface area contributed by atoms with Gasteiger partial charge in [0.2, 0.25) is 11.0 Å². The van der Waals surface area contributed by atoms with Gasteiger partial charge in [-0.1, -0.05) is 0 Å². The lowest BCUT2D eigenvalue weighted by Gasteiger charge is -2.22. The molecule has 1 N–H and O–H groups in total. The second-order valence-electron chi connectivity index (χ2n) is 9.39. The molecule has 4 aromatic rings. The Morgan fingerprint density at radius 2 is 1.89 bits per heavy atom. The third kappa shape index (κ3) is 4.72. The third-order valence-electron chi connectivity index (χ3n) is 6.73. The van der Waals surface area contributed by atoms with E-state index in [-0.39, 0.29) is 23.8 Å². The van der Waals surface area contributed by atoms with Crippen LogP contribution in [0.3, 0.4) is 0 Å². The molecule has 1 aliphatic carbocycles. The minimum atomic E-state index is -4.08. The average Bonchev–Trinajstić information content (AvgIpc) is 3.46. The molecule has 4 heterocycles. The molecule has 6 rings (SSSR count). The number of furan rings is 1. The first-order chi connectivity index (χ1) is 17.9. The first-order valence-corrected chi connectivity index (χ1v) is 13.6. The maximum absolute atomic E-state index is 13.5. The van der Waals surface area contributed by atoms with Crippen LogP contribution in [0.15, 0.2) is 64.5 Å². The largest absolute Gasteiger partial charge is 0.443 e. The monoisotopic (exact) mass is 521 g/mol. The van der Waals surface area contributed by atoms with E-state index in [0.29, 0.717) is 29.8 Å². The number of halogens is 1. The summed E-state index contributed by atoms with van der Waals surface area (Å²) in [6, 6.07) is 7.87. The fourth-order valence-corrected chi connectivity index (χ4v) is 6.20. The van der Waals surface area contributed by atoms with Crippen LogP contribution < -0.4 is 5.32 Å². The van der Waals surface area contributed by atoms with Crippen molar-refractivity contribution in [3.8, 4) is 11.3 Å². The van der Waals surface area contributed by atoms with Crippen LogP contribution in [0.25, 0.3) is 22.2 Å². The molecule has 1 aromatic carbocycles. The molecule has 1 aliphatic heterocycles. The van der Waals surface area contributed by atoms with Crippen molar-refractivity contribution in [2.24, 2.45) is 0 Å². The van der Waals surface area contributed by atoms with Crippen molar-refractivity contribution in [3.63, 3.8) is 0 Å². The first kappa shape index (κ1) is 23.7. The van der Waals surface area contributed by atoms with Gasteiger partial charge in [-0.25, -0.2) is 22.8 Å². The number of carbonyl (C=O) groups is 1. The quantitative estimate of drug-likeness (QED) is 0.393. The summed E-state index contributed by atoms with van der Waals surface area (Å²) in [5.74, 6) is 0.451. The van der Waals surface area contributed by atoms with E-state index in [9.17, 15) is 17.6 Å². The Labute approximate surface area is 212 Å². The van der Waals surface area contributed by atoms with Crippen LogP contribution in [0, 0.1) is 5.82 Å². The van der Waals surface area contributed by atoms with Crippen molar-refractivity contribution in [3.05, 3.63) is 72.2 Å². The highest BCUT2D eigenvalue weighted by Crippen LogP contribution is 2.38. The predicted octanol–water partition coefficient (Wildman–Crippen LogP) is 3.77. The molecule has 1 amide bonds. The Bertz CT molecular complexity index is 1580. The maximum Gasteiger partial charge on any atom is 0.277 e. The Morgan fingerprint density at radius 3 is 2.68 bits per heavy atom. The molecule has 9 nitrogen and oxygen atoms in total. The molecule has 2 fully saturated rings. The molecule has 0 bridgehead atoms. The van der Waals surface area contributed by atoms with Gasteiger partial charge in [0.25, 0.3) is 10.0 Å². The summed E-state index contributed by atoms with van der Waals surface area (Å²) in [7, 11) is -4.08. The lowest BCUT2D eigenvalue weighted by Crippen LogP contribution is -2.45. The summed E-state index contributed by atoms with van der Waals surface area (Å²) in [5, 5.41) is 2.90. The van der Waals surface area contributed by atoms with E-state index in [4.69, 9.17) is 4.42 Å². The smallest absolute Gasteiger partial charge is 0.277 e. The van der Waals surface area contributed by atoms with Gasteiger partial charge in [-0.05, 0) is 61.6 Å². The number of fused-ring (bicyclic) bond motifs is 1. The Balaban J connectivity index is 1.15. The Hall–Kier alpha value is -3.70. The van der Waals surface area contributed by atoms with Crippen molar-refractivity contribution in [2.45, 2.75) is 49.3 Å². The van der Waals surface area contributed by atoms with E-state index >= 15 is 0 Å². The number of sulfonamides is 1. The van der Waals surface area contributed by atoms with Crippen LogP contribution >= 0.6 is 0 Å². The van der Waals surface area contributed by atoms with E-state index in [1.165, 1.54) is 24.3 Å². The normalized spacial score (nSPS) is 18.4. The van der Waals surface area contributed by atoms with Crippen molar-refractivity contribution in [1.82, 2.24) is 24.6 Å². The highest BCUT2D eigenvalue weighted by Gasteiger charge is 2.41. The number of nitrogens with zero attached hydrogens (tertiary/aromatic N) is 4. The number of carbonyl (C=O) groups excluding carboxylic acids is 1. The van der Waals surface area contributed by atoms with Crippen LogP contribution in [-0.2, 0) is 21.4 Å². The van der Waals surface area contributed by atoms with Crippen LogP contribution in [0.5, 0.6) is 0 Å². The van der Waals surface area contributed by atoms with Gasteiger partial charge in [-0.3, -0.25) is 9.78 Å². The van der Waals surface area contributed by atoms with Crippen molar-refractivity contribution < 1.29 is 22.0 Å². The van der Waals surface area contributed by atoms with Gasteiger partial charge in [0.05, 0.1) is 5.69 Å². The average molecular weight is 522 g/mol. The molecule has 1 atom stereocenters. The predicted molar refractivity (Wildman–Crippen MR) is 132 cm³/mol. The van der Waals surface area contributed by atoms with Gasteiger partial charge < -0.3 is 9.73 Å².